The third-order valence-electron chi connectivity index (χ3n) is 4.23. The van der Waals surface area contributed by atoms with Crippen molar-refractivity contribution >= 4 is 23.3 Å². The van der Waals surface area contributed by atoms with Gasteiger partial charge in [-0.25, -0.2) is 14.5 Å². The number of hydrogen-bond acceptors (Lipinski definition) is 7. The van der Waals surface area contributed by atoms with Gasteiger partial charge in [-0.05, 0) is 45.0 Å². The number of esters is 1. The second kappa shape index (κ2) is 8.52. The molecule has 2 aromatic heterocycles. The first-order valence-corrected chi connectivity index (χ1v) is 8.96. The number of benzene rings is 1. The number of carbonyl (C=O) groups is 2. The van der Waals surface area contributed by atoms with Crippen molar-refractivity contribution in [3.8, 4) is 5.82 Å². The highest BCUT2D eigenvalue weighted by Gasteiger charge is 2.15. The van der Waals surface area contributed by atoms with Gasteiger partial charge in [0, 0.05) is 29.2 Å². The molecule has 0 aliphatic rings. The first kappa shape index (κ1) is 20.6. The van der Waals surface area contributed by atoms with Gasteiger partial charge in [0.15, 0.2) is 12.4 Å². The van der Waals surface area contributed by atoms with E-state index in [0.29, 0.717) is 11.4 Å². The molecule has 0 atom stereocenters. The minimum absolute atomic E-state index is 0.112. The Balaban J connectivity index is 1.59. The Bertz CT molecular complexity index is 1120. The van der Waals surface area contributed by atoms with Crippen molar-refractivity contribution in [2.75, 3.05) is 11.9 Å². The summed E-state index contributed by atoms with van der Waals surface area (Å²) in [6.45, 7) is 4.82. The van der Waals surface area contributed by atoms with Crippen LogP contribution < -0.4 is 5.32 Å². The molecule has 0 saturated carbocycles. The van der Waals surface area contributed by atoms with Crippen molar-refractivity contribution in [3.05, 3.63) is 75.2 Å². The van der Waals surface area contributed by atoms with E-state index in [2.05, 4.69) is 15.4 Å². The van der Waals surface area contributed by atoms with E-state index in [0.717, 1.165) is 11.4 Å². The molecule has 3 rings (SSSR count). The predicted molar refractivity (Wildman–Crippen MR) is 108 cm³/mol. The number of nitro benzene ring substituents is 1. The molecule has 0 unspecified atom stereocenters. The fourth-order valence-electron chi connectivity index (χ4n) is 2.79. The maximum Gasteiger partial charge on any atom is 0.340 e. The molecule has 154 valence electrons. The molecule has 0 aliphatic heterocycles. The van der Waals surface area contributed by atoms with E-state index in [1.807, 2.05) is 19.9 Å². The summed E-state index contributed by atoms with van der Waals surface area (Å²) in [5.74, 6) is -0.781. The van der Waals surface area contributed by atoms with E-state index in [1.165, 1.54) is 30.5 Å². The standard InChI is InChI=1S/C20H19N5O5/c1-12-4-6-16(9-17(12)25(28)29)22-19(26)11-30-20(27)15-5-7-18(21-10-15)24-14(3)8-13(2)23-24/h4-10H,11H2,1-3H3,(H,22,26). The van der Waals surface area contributed by atoms with Crippen molar-refractivity contribution in [1.29, 1.82) is 0 Å². The molecule has 3 aromatic rings. The number of rotatable bonds is 6. The Labute approximate surface area is 171 Å². The molecule has 0 radical (unpaired) electrons. The maximum absolute atomic E-state index is 12.2. The highest BCUT2D eigenvalue weighted by molar-refractivity contribution is 5.95. The van der Waals surface area contributed by atoms with Gasteiger partial charge < -0.3 is 10.1 Å². The second-order valence-corrected chi connectivity index (χ2v) is 6.63. The Hall–Kier alpha value is -4.08. The van der Waals surface area contributed by atoms with Gasteiger partial charge in [0.05, 0.1) is 16.2 Å². The zero-order valence-electron chi connectivity index (χ0n) is 16.6. The number of amides is 1. The van der Waals surface area contributed by atoms with Gasteiger partial charge in [-0.2, -0.15) is 5.10 Å². The van der Waals surface area contributed by atoms with Crippen molar-refractivity contribution in [2.45, 2.75) is 20.8 Å². The summed E-state index contributed by atoms with van der Waals surface area (Å²) in [6, 6.07) is 9.37. The van der Waals surface area contributed by atoms with Crippen molar-refractivity contribution < 1.29 is 19.2 Å². The van der Waals surface area contributed by atoms with E-state index in [4.69, 9.17) is 4.74 Å². The summed E-state index contributed by atoms with van der Waals surface area (Å²) < 4.78 is 6.64. The summed E-state index contributed by atoms with van der Waals surface area (Å²) in [7, 11) is 0. The minimum atomic E-state index is -0.715. The molecule has 10 heteroatoms. The van der Waals surface area contributed by atoms with Crippen LogP contribution in [0.15, 0.2) is 42.6 Å². The minimum Gasteiger partial charge on any atom is -0.452 e. The lowest BCUT2D eigenvalue weighted by atomic mass is 10.2. The quantitative estimate of drug-likeness (QED) is 0.376. The smallest absolute Gasteiger partial charge is 0.340 e. The van der Waals surface area contributed by atoms with Gasteiger partial charge >= 0.3 is 5.97 Å². The Kier molecular flexibility index (Phi) is 5.86. The number of nitro groups is 1. The number of carbonyl (C=O) groups excluding carboxylic acids is 2. The van der Waals surface area contributed by atoms with Gasteiger partial charge in [-0.15, -0.1) is 0 Å². The molecule has 0 fully saturated rings. The van der Waals surface area contributed by atoms with Gasteiger partial charge in [0.25, 0.3) is 11.6 Å². The number of aromatic nitrogens is 3. The Morgan fingerprint density at radius 2 is 1.93 bits per heavy atom. The van der Waals surface area contributed by atoms with Crippen LogP contribution in [0.4, 0.5) is 11.4 Å². The third-order valence-corrected chi connectivity index (χ3v) is 4.23. The molecule has 0 spiro atoms. The van der Waals surface area contributed by atoms with Gasteiger partial charge in [0.2, 0.25) is 0 Å². The molecule has 1 N–H and O–H groups in total. The van der Waals surface area contributed by atoms with E-state index < -0.39 is 23.4 Å². The Morgan fingerprint density at radius 1 is 1.17 bits per heavy atom. The average Bonchev–Trinajstić information content (AvgIpc) is 3.05. The van der Waals surface area contributed by atoms with Crippen LogP contribution in [0.3, 0.4) is 0 Å². The monoisotopic (exact) mass is 409 g/mol. The molecular formula is C20H19N5O5. The van der Waals surface area contributed by atoms with Crippen LogP contribution >= 0.6 is 0 Å². The summed E-state index contributed by atoms with van der Waals surface area (Å²) in [6.07, 6.45) is 1.34. The van der Waals surface area contributed by atoms with Crippen LogP contribution in [0.2, 0.25) is 0 Å². The van der Waals surface area contributed by atoms with Crippen LogP contribution in [-0.2, 0) is 9.53 Å². The normalized spacial score (nSPS) is 10.5. The van der Waals surface area contributed by atoms with Crippen molar-refractivity contribution in [3.63, 3.8) is 0 Å². The molecule has 1 aromatic carbocycles. The lowest BCUT2D eigenvalue weighted by Gasteiger charge is -2.08. The van der Waals surface area contributed by atoms with E-state index in [9.17, 15) is 19.7 Å². The number of aryl methyl sites for hydroxylation is 3. The zero-order valence-corrected chi connectivity index (χ0v) is 16.6. The van der Waals surface area contributed by atoms with E-state index in [1.54, 1.807) is 17.7 Å². The lowest BCUT2D eigenvalue weighted by molar-refractivity contribution is -0.385. The molecule has 2 heterocycles. The molecule has 0 saturated heterocycles. The largest absolute Gasteiger partial charge is 0.452 e. The van der Waals surface area contributed by atoms with Gasteiger partial charge in [-0.1, -0.05) is 6.07 Å². The van der Waals surface area contributed by atoms with Crippen LogP contribution in [0.25, 0.3) is 5.82 Å². The molecular weight excluding hydrogens is 390 g/mol. The number of hydrogen-bond donors (Lipinski definition) is 1. The lowest BCUT2D eigenvalue weighted by Crippen LogP contribution is -2.21. The molecule has 10 nitrogen and oxygen atoms in total. The fraction of sp³-hybridized carbons (Fsp3) is 0.200. The van der Waals surface area contributed by atoms with Crippen LogP contribution in [0.1, 0.15) is 27.3 Å². The first-order valence-electron chi connectivity index (χ1n) is 8.96. The number of ether oxygens (including phenoxy) is 1. The van der Waals surface area contributed by atoms with E-state index >= 15 is 0 Å². The third kappa shape index (κ3) is 4.66. The highest BCUT2D eigenvalue weighted by Crippen LogP contribution is 2.22. The van der Waals surface area contributed by atoms with Gasteiger partial charge in [-0.3, -0.25) is 14.9 Å². The SMILES string of the molecule is Cc1cc(C)n(-c2ccc(C(=O)OCC(=O)Nc3ccc(C)c([N+](=O)[O-])c3)cn2)n1. The summed E-state index contributed by atoms with van der Waals surface area (Å²) in [5.41, 5.74) is 2.54. The van der Waals surface area contributed by atoms with E-state index in [-0.39, 0.29) is 16.9 Å². The van der Waals surface area contributed by atoms with Crippen molar-refractivity contribution in [1.82, 2.24) is 14.8 Å². The topological polar surface area (TPSA) is 129 Å². The van der Waals surface area contributed by atoms with Gasteiger partial charge in [0.1, 0.15) is 0 Å². The molecule has 30 heavy (non-hydrogen) atoms. The summed E-state index contributed by atoms with van der Waals surface area (Å²) in [5, 5.41) is 17.8. The predicted octanol–water partition coefficient (Wildman–Crippen LogP) is 2.90. The summed E-state index contributed by atoms with van der Waals surface area (Å²) >= 11 is 0. The number of nitrogens with one attached hydrogen (secondary N) is 1. The molecule has 0 aliphatic carbocycles. The second-order valence-electron chi connectivity index (χ2n) is 6.63. The fourth-order valence-corrected chi connectivity index (χ4v) is 2.79. The maximum atomic E-state index is 12.2. The molecule has 0 bridgehead atoms. The summed E-state index contributed by atoms with van der Waals surface area (Å²) in [4.78, 5) is 38.8. The van der Waals surface area contributed by atoms with Crippen LogP contribution in [-0.4, -0.2) is 38.2 Å². The Morgan fingerprint density at radius 3 is 2.53 bits per heavy atom. The average molecular weight is 409 g/mol. The first-order chi connectivity index (χ1) is 14.2. The zero-order chi connectivity index (χ0) is 21.8. The number of anilines is 1. The number of nitrogens with zero attached hydrogens (tertiary/aromatic N) is 4. The van der Waals surface area contributed by atoms with Crippen LogP contribution in [0.5, 0.6) is 0 Å². The van der Waals surface area contributed by atoms with Crippen LogP contribution in [0, 0.1) is 30.9 Å². The van der Waals surface area contributed by atoms with Crippen molar-refractivity contribution in [2.24, 2.45) is 0 Å². The number of pyridine rings is 1. The highest BCUT2D eigenvalue weighted by atomic mass is 16.6. The molecule has 1 amide bonds.